The zero-order chi connectivity index (χ0) is 20.8. The lowest BCUT2D eigenvalue weighted by molar-refractivity contribution is -0.145. The Kier molecular flexibility index (Phi) is 7.05. The van der Waals surface area contributed by atoms with Gasteiger partial charge in [0.1, 0.15) is 17.6 Å². The number of carbonyl (C=O) groups is 1. The van der Waals surface area contributed by atoms with Crippen LogP contribution in [0, 0.1) is 0 Å². The van der Waals surface area contributed by atoms with Gasteiger partial charge in [-0.3, -0.25) is 4.79 Å². The molecule has 0 radical (unpaired) electrons. The van der Waals surface area contributed by atoms with Crippen molar-refractivity contribution in [2.24, 2.45) is 0 Å². The molecule has 1 N–H and O–H groups in total. The summed E-state index contributed by atoms with van der Waals surface area (Å²) in [5, 5.41) is 10.8. The maximum Gasteiger partial charge on any atom is 0.277 e. The predicted octanol–water partition coefficient (Wildman–Crippen LogP) is 2.65. The normalized spacial score (nSPS) is 15.3. The molecule has 1 amide bonds. The number of nitrogens with one attached hydrogen (secondary N) is 1. The SMILES string of the molecule is CCOc1cc2c(cc1NC(=O)c1cn(CC(OCC)OCC)nn1)OC(C)C2. The van der Waals surface area contributed by atoms with E-state index in [1.54, 1.807) is 12.3 Å². The number of nitrogens with zero attached hydrogens (tertiary/aromatic N) is 3. The van der Waals surface area contributed by atoms with Crippen molar-refractivity contribution in [1.29, 1.82) is 0 Å². The standard InChI is InChI=1S/C20H28N4O5/c1-5-26-18-9-14-8-13(4)29-17(14)10-15(18)21-20(25)16-11-24(23-22-16)12-19(27-6-2)28-7-3/h9-11,13,19H,5-8,12H2,1-4H3,(H,21,25). The predicted molar refractivity (Wildman–Crippen MR) is 106 cm³/mol. The molecule has 2 heterocycles. The van der Waals surface area contributed by atoms with Gasteiger partial charge in [0.05, 0.1) is 25.0 Å². The van der Waals surface area contributed by atoms with Crippen LogP contribution in [0.2, 0.25) is 0 Å². The lowest BCUT2D eigenvalue weighted by Crippen LogP contribution is -2.24. The van der Waals surface area contributed by atoms with Crippen molar-refractivity contribution in [1.82, 2.24) is 15.0 Å². The fraction of sp³-hybridized carbons (Fsp3) is 0.550. The van der Waals surface area contributed by atoms with E-state index in [1.807, 2.05) is 33.8 Å². The zero-order valence-corrected chi connectivity index (χ0v) is 17.3. The van der Waals surface area contributed by atoms with Gasteiger partial charge in [0.2, 0.25) is 0 Å². The molecule has 1 unspecified atom stereocenters. The highest BCUT2D eigenvalue weighted by molar-refractivity contribution is 6.03. The summed E-state index contributed by atoms with van der Waals surface area (Å²) in [5.41, 5.74) is 1.80. The van der Waals surface area contributed by atoms with Crippen molar-refractivity contribution in [3.8, 4) is 11.5 Å². The summed E-state index contributed by atoms with van der Waals surface area (Å²) in [6.45, 7) is 9.57. The van der Waals surface area contributed by atoms with E-state index < -0.39 is 6.29 Å². The van der Waals surface area contributed by atoms with Crippen LogP contribution in [0.3, 0.4) is 0 Å². The number of hydrogen-bond donors (Lipinski definition) is 1. The summed E-state index contributed by atoms with van der Waals surface area (Å²) >= 11 is 0. The molecule has 1 atom stereocenters. The van der Waals surface area contributed by atoms with E-state index in [0.717, 1.165) is 17.7 Å². The molecule has 29 heavy (non-hydrogen) atoms. The molecule has 0 saturated heterocycles. The van der Waals surface area contributed by atoms with Gasteiger partial charge in [-0.05, 0) is 33.8 Å². The van der Waals surface area contributed by atoms with Crippen LogP contribution in [0.15, 0.2) is 18.3 Å². The number of aromatic nitrogens is 3. The van der Waals surface area contributed by atoms with Gasteiger partial charge in [0.25, 0.3) is 5.91 Å². The third-order valence-electron chi connectivity index (χ3n) is 4.36. The first-order chi connectivity index (χ1) is 14.0. The lowest BCUT2D eigenvalue weighted by Gasteiger charge is -2.16. The molecular weight excluding hydrogens is 376 g/mol. The molecule has 0 bridgehead atoms. The molecule has 2 aromatic rings. The minimum Gasteiger partial charge on any atom is -0.492 e. The Morgan fingerprint density at radius 2 is 2.03 bits per heavy atom. The van der Waals surface area contributed by atoms with Gasteiger partial charge in [-0.2, -0.15) is 0 Å². The van der Waals surface area contributed by atoms with Crippen molar-refractivity contribution in [3.63, 3.8) is 0 Å². The van der Waals surface area contributed by atoms with Crippen LogP contribution >= 0.6 is 0 Å². The minimum absolute atomic E-state index is 0.106. The van der Waals surface area contributed by atoms with Crippen LogP contribution in [0.1, 0.15) is 43.7 Å². The average Bonchev–Trinajstić information content (AvgIpc) is 3.28. The van der Waals surface area contributed by atoms with Crippen molar-refractivity contribution in [3.05, 3.63) is 29.6 Å². The quantitative estimate of drug-likeness (QED) is 0.608. The zero-order valence-electron chi connectivity index (χ0n) is 17.3. The first-order valence-corrected chi connectivity index (χ1v) is 9.95. The number of rotatable bonds is 10. The van der Waals surface area contributed by atoms with Crippen LogP contribution in [0.5, 0.6) is 11.5 Å². The Hall–Kier alpha value is -2.65. The number of fused-ring (bicyclic) bond motifs is 1. The largest absolute Gasteiger partial charge is 0.492 e. The molecule has 1 aromatic carbocycles. The highest BCUT2D eigenvalue weighted by Crippen LogP contribution is 2.38. The van der Waals surface area contributed by atoms with Crippen LogP contribution in [-0.2, 0) is 22.4 Å². The summed E-state index contributed by atoms with van der Waals surface area (Å²) < 4.78 is 24.0. The molecule has 1 aliphatic heterocycles. The van der Waals surface area contributed by atoms with Gasteiger partial charge in [0.15, 0.2) is 12.0 Å². The number of anilines is 1. The van der Waals surface area contributed by atoms with Crippen LogP contribution in [-0.4, -0.2) is 53.1 Å². The van der Waals surface area contributed by atoms with Crippen molar-refractivity contribution in [2.75, 3.05) is 25.1 Å². The first-order valence-electron chi connectivity index (χ1n) is 9.95. The van der Waals surface area contributed by atoms with E-state index in [9.17, 15) is 4.79 Å². The Morgan fingerprint density at radius 1 is 1.28 bits per heavy atom. The Bertz CT molecular complexity index is 832. The highest BCUT2D eigenvalue weighted by atomic mass is 16.7. The van der Waals surface area contributed by atoms with Crippen molar-refractivity contribution in [2.45, 2.75) is 53.1 Å². The van der Waals surface area contributed by atoms with Crippen LogP contribution in [0.4, 0.5) is 5.69 Å². The fourth-order valence-corrected chi connectivity index (χ4v) is 3.17. The molecule has 158 valence electrons. The molecule has 0 spiro atoms. The van der Waals surface area contributed by atoms with E-state index in [4.69, 9.17) is 18.9 Å². The second kappa shape index (κ2) is 9.71. The molecule has 0 aliphatic carbocycles. The Balaban J connectivity index is 1.72. The second-order valence-electron chi connectivity index (χ2n) is 6.64. The number of carbonyl (C=O) groups excluding carboxylic acids is 1. The maximum absolute atomic E-state index is 12.7. The summed E-state index contributed by atoms with van der Waals surface area (Å²) in [7, 11) is 0. The fourth-order valence-electron chi connectivity index (χ4n) is 3.17. The highest BCUT2D eigenvalue weighted by Gasteiger charge is 2.23. The smallest absolute Gasteiger partial charge is 0.277 e. The lowest BCUT2D eigenvalue weighted by atomic mass is 10.1. The van der Waals surface area contributed by atoms with Crippen molar-refractivity contribution < 1.29 is 23.7 Å². The maximum atomic E-state index is 12.7. The molecule has 9 heteroatoms. The molecule has 0 fully saturated rings. The summed E-state index contributed by atoms with van der Waals surface area (Å²) in [5.74, 6) is 0.987. The molecule has 1 aromatic heterocycles. The van der Waals surface area contributed by atoms with E-state index in [-0.39, 0.29) is 17.7 Å². The summed E-state index contributed by atoms with van der Waals surface area (Å²) in [6, 6.07) is 3.72. The average molecular weight is 404 g/mol. The number of benzene rings is 1. The Morgan fingerprint density at radius 3 is 2.72 bits per heavy atom. The topological polar surface area (TPSA) is 96.7 Å². The molecular formula is C20H28N4O5. The summed E-state index contributed by atoms with van der Waals surface area (Å²) in [6.07, 6.45) is 2.04. The monoisotopic (exact) mass is 404 g/mol. The third-order valence-corrected chi connectivity index (χ3v) is 4.36. The first kappa shape index (κ1) is 21.1. The molecule has 9 nitrogen and oxygen atoms in total. The van der Waals surface area contributed by atoms with Gasteiger partial charge in [-0.25, -0.2) is 4.68 Å². The minimum atomic E-state index is -0.442. The number of ether oxygens (including phenoxy) is 4. The van der Waals surface area contributed by atoms with Gasteiger partial charge in [-0.15, -0.1) is 5.10 Å². The third kappa shape index (κ3) is 5.24. The van der Waals surface area contributed by atoms with E-state index in [0.29, 0.717) is 37.8 Å². The van der Waals surface area contributed by atoms with Gasteiger partial charge >= 0.3 is 0 Å². The van der Waals surface area contributed by atoms with Gasteiger partial charge in [0, 0.05) is 31.3 Å². The van der Waals surface area contributed by atoms with Crippen molar-refractivity contribution >= 4 is 11.6 Å². The number of hydrogen-bond acceptors (Lipinski definition) is 7. The second-order valence-corrected chi connectivity index (χ2v) is 6.64. The van der Waals surface area contributed by atoms with Crippen LogP contribution in [0.25, 0.3) is 0 Å². The Labute approximate surface area is 170 Å². The van der Waals surface area contributed by atoms with Crippen LogP contribution < -0.4 is 14.8 Å². The molecule has 0 saturated carbocycles. The van der Waals surface area contributed by atoms with Gasteiger partial charge < -0.3 is 24.3 Å². The van der Waals surface area contributed by atoms with E-state index in [2.05, 4.69) is 15.6 Å². The van der Waals surface area contributed by atoms with E-state index >= 15 is 0 Å². The van der Waals surface area contributed by atoms with Gasteiger partial charge in [-0.1, -0.05) is 5.21 Å². The molecule has 3 rings (SSSR count). The molecule has 1 aliphatic rings. The van der Waals surface area contributed by atoms with E-state index in [1.165, 1.54) is 4.68 Å². The number of amides is 1. The summed E-state index contributed by atoms with van der Waals surface area (Å²) in [4.78, 5) is 12.7.